The molecule has 0 heterocycles. The van der Waals surface area contributed by atoms with E-state index in [2.05, 4.69) is 29.2 Å². The number of anilines is 2. The van der Waals surface area contributed by atoms with Crippen molar-refractivity contribution >= 4 is 17.3 Å². The van der Waals surface area contributed by atoms with Gasteiger partial charge in [0.15, 0.2) is 0 Å². The van der Waals surface area contributed by atoms with Crippen molar-refractivity contribution in [2.45, 2.75) is 19.9 Å². The molecule has 0 aliphatic rings. The van der Waals surface area contributed by atoms with Crippen molar-refractivity contribution < 1.29 is 9.53 Å². The minimum atomic E-state index is 0.104. The molecule has 2 aromatic rings. The lowest BCUT2D eigenvalue weighted by atomic mass is 10.1. The molecule has 0 radical (unpaired) electrons. The number of methoxy groups -OCH3 is 1. The maximum absolute atomic E-state index is 12.3. The van der Waals surface area contributed by atoms with Gasteiger partial charge in [0.1, 0.15) is 5.75 Å². The van der Waals surface area contributed by atoms with Crippen LogP contribution in [0.3, 0.4) is 0 Å². The average molecular weight is 312 g/mol. The minimum absolute atomic E-state index is 0.104. The molecule has 0 fully saturated rings. The summed E-state index contributed by atoms with van der Waals surface area (Å²) in [6, 6.07) is 15.8. The normalized spacial score (nSPS) is 10.3. The first-order chi connectivity index (χ1) is 11.0. The highest BCUT2D eigenvalue weighted by molar-refractivity contribution is 5.93. The third-order valence-electron chi connectivity index (χ3n) is 3.78. The zero-order chi connectivity index (χ0) is 16.8. The van der Waals surface area contributed by atoms with Gasteiger partial charge in [-0.15, -0.1) is 0 Å². The van der Waals surface area contributed by atoms with Crippen molar-refractivity contribution in [3.8, 4) is 5.75 Å². The summed E-state index contributed by atoms with van der Waals surface area (Å²) in [5, 5.41) is 0. The lowest BCUT2D eigenvalue weighted by Crippen LogP contribution is -2.29. The fourth-order valence-corrected chi connectivity index (χ4v) is 2.36. The molecule has 122 valence electrons. The summed E-state index contributed by atoms with van der Waals surface area (Å²) in [7, 11) is 5.66. The molecule has 0 spiro atoms. The first kappa shape index (κ1) is 16.9. The van der Waals surface area contributed by atoms with E-state index in [-0.39, 0.29) is 5.91 Å². The van der Waals surface area contributed by atoms with Crippen LogP contribution >= 0.6 is 0 Å². The maximum atomic E-state index is 12.3. The van der Waals surface area contributed by atoms with Crippen molar-refractivity contribution in [2.24, 2.45) is 0 Å². The predicted octanol–water partition coefficient (Wildman–Crippen LogP) is 3.70. The van der Waals surface area contributed by atoms with Gasteiger partial charge in [0.05, 0.1) is 13.7 Å². The number of amides is 1. The van der Waals surface area contributed by atoms with Crippen LogP contribution in [-0.2, 0) is 11.3 Å². The van der Waals surface area contributed by atoms with Crippen LogP contribution in [0.5, 0.6) is 5.75 Å². The van der Waals surface area contributed by atoms with Gasteiger partial charge in [-0.25, -0.2) is 0 Å². The smallest absolute Gasteiger partial charge is 0.227 e. The molecule has 0 aliphatic carbocycles. The number of rotatable bonds is 6. The van der Waals surface area contributed by atoms with Crippen LogP contribution in [0.25, 0.3) is 0 Å². The molecule has 0 atom stereocenters. The van der Waals surface area contributed by atoms with E-state index in [4.69, 9.17) is 4.74 Å². The molecule has 2 rings (SSSR count). The van der Waals surface area contributed by atoms with Gasteiger partial charge in [-0.2, -0.15) is 0 Å². The number of hydrogen-bond acceptors (Lipinski definition) is 3. The van der Waals surface area contributed by atoms with Gasteiger partial charge >= 0.3 is 0 Å². The number of carbonyl (C=O) groups excluding carboxylic acids is 1. The highest BCUT2D eigenvalue weighted by Crippen LogP contribution is 2.23. The number of benzene rings is 2. The Labute approximate surface area is 138 Å². The first-order valence-electron chi connectivity index (χ1n) is 7.75. The molecule has 0 bridgehead atoms. The maximum Gasteiger partial charge on any atom is 0.227 e. The van der Waals surface area contributed by atoms with Gasteiger partial charge in [-0.1, -0.05) is 19.1 Å². The van der Waals surface area contributed by atoms with Gasteiger partial charge in [-0.05, 0) is 42.0 Å². The Morgan fingerprint density at radius 2 is 1.52 bits per heavy atom. The summed E-state index contributed by atoms with van der Waals surface area (Å²) in [4.78, 5) is 16.2. The van der Waals surface area contributed by atoms with Crippen molar-refractivity contribution in [1.82, 2.24) is 0 Å². The number of nitrogens with zero attached hydrogens (tertiary/aromatic N) is 2. The van der Waals surface area contributed by atoms with Gasteiger partial charge < -0.3 is 14.5 Å². The van der Waals surface area contributed by atoms with Crippen LogP contribution in [0.1, 0.15) is 18.9 Å². The Kier molecular flexibility index (Phi) is 5.63. The molecule has 2 aromatic carbocycles. The standard InChI is InChI=1S/C19H24N2O2/c1-5-19(22)21(17-10-12-18(23-4)13-11-17)14-15-6-8-16(9-7-15)20(2)3/h6-13H,5,14H2,1-4H3. The third-order valence-corrected chi connectivity index (χ3v) is 3.78. The van der Waals surface area contributed by atoms with E-state index in [0.717, 1.165) is 22.7 Å². The molecule has 0 saturated heterocycles. The molecule has 0 saturated carbocycles. The molecular formula is C19H24N2O2. The van der Waals surface area contributed by atoms with E-state index >= 15 is 0 Å². The van der Waals surface area contributed by atoms with Crippen molar-refractivity contribution in [3.05, 3.63) is 54.1 Å². The van der Waals surface area contributed by atoms with Crippen LogP contribution in [0.4, 0.5) is 11.4 Å². The Balaban J connectivity index is 2.22. The second-order valence-corrected chi connectivity index (χ2v) is 5.59. The Hall–Kier alpha value is -2.49. The van der Waals surface area contributed by atoms with Gasteiger partial charge in [-0.3, -0.25) is 4.79 Å². The highest BCUT2D eigenvalue weighted by Gasteiger charge is 2.14. The van der Waals surface area contributed by atoms with Crippen LogP contribution in [-0.4, -0.2) is 27.1 Å². The summed E-state index contributed by atoms with van der Waals surface area (Å²) < 4.78 is 5.18. The lowest BCUT2D eigenvalue weighted by Gasteiger charge is -2.23. The van der Waals surface area contributed by atoms with E-state index in [1.165, 1.54) is 0 Å². The molecule has 4 heteroatoms. The average Bonchev–Trinajstić information content (AvgIpc) is 2.59. The van der Waals surface area contributed by atoms with E-state index in [9.17, 15) is 4.79 Å². The summed E-state index contributed by atoms with van der Waals surface area (Å²) in [5.74, 6) is 0.889. The molecular weight excluding hydrogens is 288 g/mol. The van der Waals surface area contributed by atoms with Gasteiger partial charge in [0, 0.05) is 31.9 Å². The zero-order valence-electron chi connectivity index (χ0n) is 14.2. The monoisotopic (exact) mass is 312 g/mol. The molecule has 0 aliphatic heterocycles. The predicted molar refractivity (Wildman–Crippen MR) is 95.2 cm³/mol. The number of hydrogen-bond donors (Lipinski definition) is 0. The Morgan fingerprint density at radius 3 is 2.00 bits per heavy atom. The van der Waals surface area contributed by atoms with Gasteiger partial charge in [0.25, 0.3) is 0 Å². The quantitative estimate of drug-likeness (QED) is 0.815. The van der Waals surface area contributed by atoms with Crippen LogP contribution in [0.2, 0.25) is 0 Å². The van der Waals surface area contributed by atoms with Crippen LogP contribution < -0.4 is 14.5 Å². The summed E-state index contributed by atoms with van der Waals surface area (Å²) in [5.41, 5.74) is 3.13. The van der Waals surface area contributed by atoms with Crippen LogP contribution in [0.15, 0.2) is 48.5 Å². The third kappa shape index (κ3) is 4.25. The largest absolute Gasteiger partial charge is 0.497 e. The van der Waals surface area contributed by atoms with E-state index in [1.54, 1.807) is 7.11 Å². The fourth-order valence-electron chi connectivity index (χ4n) is 2.36. The minimum Gasteiger partial charge on any atom is -0.497 e. The van der Waals surface area contributed by atoms with Crippen molar-refractivity contribution in [3.63, 3.8) is 0 Å². The lowest BCUT2D eigenvalue weighted by molar-refractivity contribution is -0.118. The first-order valence-corrected chi connectivity index (χ1v) is 7.75. The molecule has 0 unspecified atom stereocenters. The van der Waals surface area contributed by atoms with Crippen molar-refractivity contribution in [2.75, 3.05) is 31.0 Å². The van der Waals surface area contributed by atoms with E-state index in [1.807, 2.05) is 50.2 Å². The van der Waals surface area contributed by atoms with E-state index < -0.39 is 0 Å². The number of carbonyl (C=O) groups is 1. The topological polar surface area (TPSA) is 32.8 Å². The summed E-state index contributed by atoms with van der Waals surface area (Å²) in [6.45, 7) is 2.45. The zero-order valence-corrected chi connectivity index (χ0v) is 14.2. The molecule has 1 amide bonds. The number of ether oxygens (including phenoxy) is 1. The van der Waals surface area contributed by atoms with E-state index in [0.29, 0.717) is 13.0 Å². The molecule has 0 N–H and O–H groups in total. The van der Waals surface area contributed by atoms with Gasteiger partial charge in [0.2, 0.25) is 5.91 Å². The Bertz CT molecular complexity index is 633. The SMILES string of the molecule is CCC(=O)N(Cc1ccc(N(C)C)cc1)c1ccc(OC)cc1. The highest BCUT2D eigenvalue weighted by atomic mass is 16.5. The van der Waals surface area contributed by atoms with Crippen molar-refractivity contribution in [1.29, 1.82) is 0 Å². The summed E-state index contributed by atoms with van der Waals surface area (Å²) >= 11 is 0. The second-order valence-electron chi connectivity index (χ2n) is 5.59. The van der Waals surface area contributed by atoms with Crippen LogP contribution in [0, 0.1) is 0 Å². The Morgan fingerprint density at radius 1 is 0.957 bits per heavy atom. The molecule has 23 heavy (non-hydrogen) atoms. The fraction of sp³-hybridized carbons (Fsp3) is 0.316. The molecule has 0 aromatic heterocycles. The second kappa shape index (κ2) is 7.68. The molecule has 4 nitrogen and oxygen atoms in total. The summed E-state index contributed by atoms with van der Waals surface area (Å²) in [6.07, 6.45) is 0.474.